The van der Waals surface area contributed by atoms with Gasteiger partial charge in [0, 0.05) is 59.6 Å². The molecule has 0 aliphatic heterocycles. The number of terminal acetylenes is 1. The van der Waals surface area contributed by atoms with E-state index in [1.54, 1.807) is 17.1 Å². The molecular formula is C27H28N6. The number of rotatable bonds is 6. The summed E-state index contributed by atoms with van der Waals surface area (Å²) in [6, 6.07) is 13.0. The number of benzene rings is 1. The van der Waals surface area contributed by atoms with Gasteiger partial charge >= 0.3 is 0 Å². The molecule has 0 bridgehead atoms. The van der Waals surface area contributed by atoms with Gasteiger partial charge < -0.3 is 10.2 Å². The van der Waals surface area contributed by atoms with Crippen LogP contribution in [0, 0.1) is 23.7 Å². The first-order valence-electron chi connectivity index (χ1n) is 11.2. The first-order valence-corrected chi connectivity index (χ1v) is 11.2. The number of aryl methyl sites for hydroxylation is 1. The number of nitriles is 1. The van der Waals surface area contributed by atoms with Crippen molar-refractivity contribution in [2.45, 2.75) is 44.7 Å². The van der Waals surface area contributed by atoms with E-state index in [0.717, 1.165) is 59.6 Å². The second-order valence-electron chi connectivity index (χ2n) is 8.58. The largest absolute Gasteiger partial charge is 0.367 e. The molecular weight excluding hydrogens is 408 g/mol. The van der Waals surface area contributed by atoms with Gasteiger partial charge in [-0.15, -0.1) is 6.42 Å². The molecule has 0 atom stereocenters. The predicted octanol–water partition coefficient (Wildman–Crippen LogP) is 5.10. The number of nitrogens with zero attached hydrogens (tertiary/aromatic N) is 5. The molecule has 2 aromatic heterocycles. The van der Waals surface area contributed by atoms with Crippen molar-refractivity contribution in [1.82, 2.24) is 14.8 Å². The van der Waals surface area contributed by atoms with Crippen LogP contribution >= 0.6 is 0 Å². The highest BCUT2D eigenvalue weighted by atomic mass is 15.2. The molecule has 0 spiro atoms. The summed E-state index contributed by atoms with van der Waals surface area (Å²) in [5.41, 5.74) is 5.26. The van der Waals surface area contributed by atoms with E-state index < -0.39 is 0 Å². The van der Waals surface area contributed by atoms with Crippen LogP contribution in [0.4, 0.5) is 11.5 Å². The van der Waals surface area contributed by atoms with E-state index in [1.165, 1.54) is 0 Å². The highest BCUT2D eigenvalue weighted by molar-refractivity contribution is 5.73. The number of pyridine rings is 1. The minimum absolute atomic E-state index is 0.341. The van der Waals surface area contributed by atoms with Gasteiger partial charge in [0.05, 0.1) is 17.8 Å². The Labute approximate surface area is 195 Å². The Morgan fingerprint density at radius 1 is 1.21 bits per heavy atom. The van der Waals surface area contributed by atoms with Gasteiger partial charge in [0.1, 0.15) is 5.82 Å². The van der Waals surface area contributed by atoms with Crippen molar-refractivity contribution in [3.63, 3.8) is 0 Å². The van der Waals surface area contributed by atoms with Gasteiger partial charge in [0.25, 0.3) is 0 Å². The Balaban J connectivity index is 1.47. The maximum atomic E-state index is 9.81. The van der Waals surface area contributed by atoms with Crippen molar-refractivity contribution < 1.29 is 0 Å². The standard InChI is InChI=1S/C27H28N6/c1-5-20-6-13-27(29-16-20)31-23-7-9-24(10-8-23)33(19(2)3)25-11-12-26(21(14-25)15-28)22-17-30-32(4)18-22/h1,6,11-14,16-18,23-24H,2,7-10H2,3-4H3,(H,29,31). The number of allylic oxidation sites excluding steroid dienone is 1. The van der Waals surface area contributed by atoms with Gasteiger partial charge in [-0.2, -0.15) is 10.4 Å². The summed E-state index contributed by atoms with van der Waals surface area (Å²) in [6.07, 6.45) is 15.0. The van der Waals surface area contributed by atoms with E-state index in [1.807, 2.05) is 44.4 Å². The van der Waals surface area contributed by atoms with E-state index in [0.29, 0.717) is 17.6 Å². The first-order chi connectivity index (χ1) is 16.0. The third-order valence-corrected chi connectivity index (χ3v) is 6.17. The summed E-state index contributed by atoms with van der Waals surface area (Å²) in [7, 11) is 1.88. The third kappa shape index (κ3) is 4.91. The summed E-state index contributed by atoms with van der Waals surface area (Å²) >= 11 is 0. The van der Waals surface area contributed by atoms with Crippen LogP contribution in [0.2, 0.25) is 0 Å². The second-order valence-corrected chi connectivity index (χ2v) is 8.58. The quantitative estimate of drug-likeness (QED) is 0.545. The molecule has 6 heteroatoms. The lowest BCUT2D eigenvalue weighted by atomic mass is 9.89. The molecule has 1 aliphatic rings. The highest BCUT2D eigenvalue weighted by Crippen LogP contribution is 2.34. The number of hydrogen-bond acceptors (Lipinski definition) is 5. The average molecular weight is 437 g/mol. The van der Waals surface area contributed by atoms with Crippen LogP contribution in [0.1, 0.15) is 43.7 Å². The fraction of sp³-hybridized carbons (Fsp3) is 0.296. The first kappa shape index (κ1) is 22.2. The Hall–Kier alpha value is -4.03. The lowest BCUT2D eigenvalue weighted by Gasteiger charge is -2.39. The summed E-state index contributed by atoms with van der Waals surface area (Å²) < 4.78 is 1.75. The maximum absolute atomic E-state index is 9.81. The van der Waals surface area contributed by atoms with Crippen LogP contribution < -0.4 is 10.2 Å². The number of aromatic nitrogens is 3. The van der Waals surface area contributed by atoms with Crippen molar-refractivity contribution in [2.75, 3.05) is 10.2 Å². The molecule has 1 fully saturated rings. The molecule has 166 valence electrons. The Kier molecular flexibility index (Phi) is 6.47. The van der Waals surface area contributed by atoms with Crippen molar-refractivity contribution in [1.29, 1.82) is 5.26 Å². The van der Waals surface area contributed by atoms with Crippen LogP contribution in [0.25, 0.3) is 11.1 Å². The molecule has 0 unspecified atom stereocenters. The topological polar surface area (TPSA) is 69.8 Å². The van der Waals surface area contributed by atoms with Gasteiger partial charge in [0.15, 0.2) is 0 Å². The molecule has 0 amide bonds. The SMILES string of the molecule is C#Cc1ccc(NC2CCC(N(C(=C)C)c3ccc(-c4cnn(C)c4)c(C#N)c3)CC2)nc1. The number of nitrogens with one attached hydrogen (secondary N) is 1. The Morgan fingerprint density at radius 3 is 2.58 bits per heavy atom. The van der Waals surface area contributed by atoms with E-state index in [9.17, 15) is 5.26 Å². The van der Waals surface area contributed by atoms with Gasteiger partial charge in [0.2, 0.25) is 0 Å². The zero-order chi connectivity index (χ0) is 23.4. The molecule has 6 nitrogen and oxygen atoms in total. The monoisotopic (exact) mass is 436 g/mol. The molecule has 4 rings (SSSR count). The van der Waals surface area contributed by atoms with Crippen LogP contribution in [0.5, 0.6) is 0 Å². The molecule has 1 saturated carbocycles. The second kappa shape index (κ2) is 9.63. The Bertz CT molecular complexity index is 1220. The minimum atomic E-state index is 0.341. The van der Waals surface area contributed by atoms with Crippen molar-refractivity contribution in [3.8, 4) is 29.5 Å². The van der Waals surface area contributed by atoms with E-state index in [4.69, 9.17) is 6.42 Å². The number of hydrogen-bond donors (Lipinski definition) is 1. The normalized spacial score (nSPS) is 17.6. The predicted molar refractivity (Wildman–Crippen MR) is 132 cm³/mol. The molecule has 2 heterocycles. The van der Waals surface area contributed by atoms with Crippen molar-refractivity contribution in [3.05, 3.63) is 72.3 Å². The van der Waals surface area contributed by atoms with Gasteiger partial charge in [-0.25, -0.2) is 4.98 Å². The molecule has 33 heavy (non-hydrogen) atoms. The summed E-state index contributed by atoms with van der Waals surface area (Å²) in [5.74, 6) is 3.46. The van der Waals surface area contributed by atoms with Gasteiger partial charge in [-0.05, 0) is 56.9 Å². The van der Waals surface area contributed by atoms with Crippen molar-refractivity contribution >= 4 is 11.5 Å². The zero-order valence-electron chi connectivity index (χ0n) is 19.1. The minimum Gasteiger partial charge on any atom is -0.367 e. The van der Waals surface area contributed by atoms with Gasteiger partial charge in [-0.3, -0.25) is 4.68 Å². The average Bonchev–Trinajstić information content (AvgIpc) is 3.26. The fourth-order valence-electron chi connectivity index (χ4n) is 4.58. The fourth-order valence-corrected chi connectivity index (χ4v) is 4.58. The molecule has 1 aromatic carbocycles. The summed E-state index contributed by atoms with van der Waals surface area (Å²) in [6.45, 7) is 6.27. The van der Waals surface area contributed by atoms with Crippen LogP contribution in [0.3, 0.4) is 0 Å². The van der Waals surface area contributed by atoms with E-state index >= 15 is 0 Å². The van der Waals surface area contributed by atoms with Crippen molar-refractivity contribution in [2.24, 2.45) is 7.05 Å². The Morgan fingerprint density at radius 2 is 2.00 bits per heavy atom. The zero-order valence-corrected chi connectivity index (χ0v) is 19.1. The third-order valence-electron chi connectivity index (χ3n) is 6.17. The summed E-state index contributed by atoms with van der Waals surface area (Å²) in [4.78, 5) is 6.69. The van der Waals surface area contributed by atoms with Crippen LogP contribution in [-0.4, -0.2) is 26.8 Å². The molecule has 3 aromatic rings. The lowest BCUT2D eigenvalue weighted by molar-refractivity contribution is 0.401. The lowest BCUT2D eigenvalue weighted by Crippen LogP contribution is -2.39. The molecule has 0 saturated heterocycles. The van der Waals surface area contributed by atoms with E-state index in [2.05, 4.69) is 44.9 Å². The van der Waals surface area contributed by atoms with Crippen LogP contribution in [0.15, 0.2) is 61.2 Å². The molecule has 1 aliphatic carbocycles. The molecule has 1 N–H and O–H groups in total. The highest BCUT2D eigenvalue weighted by Gasteiger charge is 2.27. The van der Waals surface area contributed by atoms with Crippen LogP contribution in [-0.2, 0) is 7.05 Å². The summed E-state index contributed by atoms with van der Waals surface area (Å²) in [5, 5.41) is 17.6. The number of anilines is 2. The van der Waals surface area contributed by atoms with Gasteiger partial charge in [-0.1, -0.05) is 18.6 Å². The van der Waals surface area contributed by atoms with E-state index in [-0.39, 0.29) is 0 Å². The maximum Gasteiger partial charge on any atom is 0.126 e. The molecule has 0 radical (unpaired) electrons. The smallest absolute Gasteiger partial charge is 0.126 e.